The number of hydrogen-bond donors (Lipinski definition) is 1. The van der Waals surface area contributed by atoms with E-state index in [1.807, 2.05) is 13.2 Å². The zero-order valence-electron chi connectivity index (χ0n) is 16.7. The van der Waals surface area contributed by atoms with Crippen LogP contribution >= 0.6 is 24.0 Å². The van der Waals surface area contributed by atoms with E-state index in [9.17, 15) is 0 Å². The maximum Gasteiger partial charge on any atom is 0.193 e. The second kappa shape index (κ2) is 11.0. The molecule has 1 N–H and O–H groups in total. The van der Waals surface area contributed by atoms with Gasteiger partial charge < -0.3 is 24.8 Å². The summed E-state index contributed by atoms with van der Waals surface area (Å²) in [6.45, 7) is 7.72. The minimum atomic E-state index is 0. The van der Waals surface area contributed by atoms with Crippen molar-refractivity contribution in [1.82, 2.24) is 20.1 Å². The summed E-state index contributed by atoms with van der Waals surface area (Å²) < 4.78 is 5.48. The highest BCUT2D eigenvalue weighted by Crippen LogP contribution is 2.15. The topological polar surface area (TPSA) is 56.2 Å². The van der Waals surface area contributed by atoms with Gasteiger partial charge in [0.15, 0.2) is 5.96 Å². The van der Waals surface area contributed by atoms with Gasteiger partial charge in [0.2, 0.25) is 0 Å². The predicted octanol–water partition coefficient (Wildman–Crippen LogP) is 1.50. The largest absolute Gasteiger partial charge is 0.381 e. The van der Waals surface area contributed by atoms with E-state index in [-0.39, 0.29) is 24.0 Å². The fourth-order valence-electron chi connectivity index (χ4n) is 3.55. The Morgan fingerprint density at radius 3 is 2.81 bits per heavy atom. The van der Waals surface area contributed by atoms with Crippen LogP contribution < -0.4 is 10.2 Å². The first-order valence-corrected chi connectivity index (χ1v) is 9.53. The fourth-order valence-corrected chi connectivity index (χ4v) is 3.55. The normalized spacial score (nSPS) is 21.1. The molecule has 3 rings (SSSR count). The van der Waals surface area contributed by atoms with Gasteiger partial charge in [0.1, 0.15) is 5.82 Å². The lowest BCUT2D eigenvalue weighted by molar-refractivity contribution is 0.181. The zero-order chi connectivity index (χ0) is 18.4. The summed E-state index contributed by atoms with van der Waals surface area (Å²) in [5, 5.41) is 3.48. The number of rotatable bonds is 5. The number of piperazine rings is 1. The van der Waals surface area contributed by atoms with E-state index >= 15 is 0 Å². The van der Waals surface area contributed by atoms with Crippen LogP contribution in [0.2, 0.25) is 0 Å². The lowest BCUT2D eigenvalue weighted by Gasteiger charge is -2.33. The molecule has 0 saturated carbocycles. The maximum absolute atomic E-state index is 5.48. The molecule has 0 spiro atoms. The van der Waals surface area contributed by atoms with E-state index in [0.29, 0.717) is 5.92 Å². The van der Waals surface area contributed by atoms with Crippen molar-refractivity contribution < 1.29 is 4.74 Å². The first-order valence-electron chi connectivity index (χ1n) is 9.53. The molecule has 0 aromatic carbocycles. The molecule has 7 nitrogen and oxygen atoms in total. The minimum Gasteiger partial charge on any atom is -0.381 e. The smallest absolute Gasteiger partial charge is 0.193 e. The quantitative estimate of drug-likeness (QED) is 0.385. The van der Waals surface area contributed by atoms with E-state index < -0.39 is 0 Å². The van der Waals surface area contributed by atoms with Gasteiger partial charge in [-0.1, -0.05) is 0 Å². The van der Waals surface area contributed by atoms with Gasteiger partial charge in [-0.25, -0.2) is 4.98 Å². The number of nitrogens with zero attached hydrogens (tertiary/aromatic N) is 5. The molecule has 27 heavy (non-hydrogen) atoms. The number of guanidine groups is 1. The summed E-state index contributed by atoms with van der Waals surface area (Å²) in [4.78, 5) is 15.9. The number of anilines is 1. The molecule has 1 aromatic rings. The molecule has 0 bridgehead atoms. The van der Waals surface area contributed by atoms with Crippen molar-refractivity contribution in [3.8, 4) is 0 Å². The van der Waals surface area contributed by atoms with Crippen molar-refractivity contribution in [1.29, 1.82) is 0 Å². The highest BCUT2D eigenvalue weighted by Gasteiger charge is 2.19. The molecule has 1 unspecified atom stereocenters. The highest BCUT2D eigenvalue weighted by molar-refractivity contribution is 14.0. The third-order valence-corrected chi connectivity index (χ3v) is 5.22. The van der Waals surface area contributed by atoms with Gasteiger partial charge in [0, 0.05) is 72.1 Å². The van der Waals surface area contributed by atoms with Crippen LogP contribution in [0.4, 0.5) is 5.82 Å². The Hall–Kier alpha value is -1.13. The average molecular weight is 488 g/mol. The fraction of sp³-hybridized carbons (Fsp3) is 0.684. The molecule has 2 saturated heterocycles. The molecule has 2 fully saturated rings. The molecule has 2 aliphatic heterocycles. The van der Waals surface area contributed by atoms with E-state index in [1.54, 1.807) is 0 Å². The Bertz CT molecular complexity index is 600. The number of ether oxygens (including phenoxy) is 1. The van der Waals surface area contributed by atoms with Crippen molar-refractivity contribution >= 4 is 35.8 Å². The maximum atomic E-state index is 5.48. The molecule has 3 heterocycles. The molecule has 1 atom stereocenters. The summed E-state index contributed by atoms with van der Waals surface area (Å²) in [6, 6.07) is 4.26. The minimum absolute atomic E-state index is 0. The standard InChI is InChI=1S/C19H32N6O.HI/c1-20-19(24(3)14-17-5-11-26-15-17)22-13-16-4-6-21-18(12-16)25-9-7-23(2)8-10-25;/h4,6,12,17H,5,7-11,13-15H2,1-3H3,(H,20,22);1H. The lowest BCUT2D eigenvalue weighted by Crippen LogP contribution is -2.44. The van der Waals surface area contributed by atoms with E-state index in [1.165, 1.54) is 5.56 Å². The molecule has 8 heteroatoms. The Balaban J connectivity index is 0.00000261. The molecule has 152 valence electrons. The summed E-state index contributed by atoms with van der Waals surface area (Å²) in [6.07, 6.45) is 3.05. The second-order valence-corrected chi connectivity index (χ2v) is 7.32. The van der Waals surface area contributed by atoms with E-state index in [2.05, 4.69) is 56.2 Å². The van der Waals surface area contributed by atoms with E-state index in [4.69, 9.17) is 4.74 Å². The molecule has 0 aliphatic carbocycles. The Morgan fingerprint density at radius 2 is 2.15 bits per heavy atom. The number of pyridine rings is 1. The number of likely N-dealkylation sites (N-methyl/N-ethyl adjacent to an activating group) is 1. The van der Waals surface area contributed by atoms with Crippen LogP contribution in [0.3, 0.4) is 0 Å². The number of aliphatic imine (C=N–C) groups is 1. The van der Waals surface area contributed by atoms with Crippen LogP contribution in [0.15, 0.2) is 23.3 Å². The van der Waals surface area contributed by atoms with Crippen molar-refractivity contribution in [2.75, 3.05) is 72.0 Å². The second-order valence-electron chi connectivity index (χ2n) is 7.32. The van der Waals surface area contributed by atoms with E-state index in [0.717, 1.165) is 70.7 Å². The number of nitrogens with one attached hydrogen (secondary N) is 1. The highest BCUT2D eigenvalue weighted by atomic mass is 127. The third-order valence-electron chi connectivity index (χ3n) is 5.22. The van der Waals surface area contributed by atoms with Gasteiger partial charge in [-0.2, -0.15) is 0 Å². The average Bonchev–Trinajstić information content (AvgIpc) is 3.16. The first kappa shape index (κ1) is 22.2. The van der Waals surface area contributed by atoms with Gasteiger partial charge in [-0.15, -0.1) is 24.0 Å². The van der Waals surface area contributed by atoms with Gasteiger partial charge in [-0.3, -0.25) is 4.99 Å². The Morgan fingerprint density at radius 1 is 1.37 bits per heavy atom. The zero-order valence-corrected chi connectivity index (χ0v) is 19.1. The molecule has 0 amide bonds. The van der Waals surface area contributed by atoms with Crippen molar-refractivity contribution in [3.05, 3.63) is 23.9 Å². The van der Waals surface area contributed by atoms with Crippen LogP contribution in [-0.2, 0) is 11.3 Å². The van der Waals surface area contributed by atoms with Gasteiger partial charge in [0.25, 0.3) is 0 Å². The van der Waals surface area contributed by atoms with Gasteiger partial charge in [-0.05, 0) is 31.2 Å². The van der Waals surface area contributed by atoms with Crippen molar-refractivity contribution in [2.24, 2.45) is 10.9 Å². The van der Waals surface area contributed by atoms with Crippen LogP contribution in [0.5, 0.6) is 0 Å². The first-order chi connectivity index (χ1) is 12.7. The SMILES string of the molecule is CN=C(NCc1ccnc(N2CCN(C)CC2)c1)N(C)CC1CCOC1.I. The van der Waals surface area contributed by atoms with Gasteiger partial charge in [0.05, 0.1) is 6.61 Å². The van der Waals surface area contributed by atoms with Crippen molar-refractivity contribution in [3.63, 3.8) is 0 Å². The van der Waals surface area contributed by atoms with Crippen LogP contribution in [0.25, 0.3) is 0 Å². The summed E-state index contributed by atoms with van der Waals surface area (Å²) >= 11 is 0. The number of hydrogen-bond acceptors (Lipinski definition) is 5. The van der Waals surface area contributed by atoms with Crippen LogP contribution in [0, 0.1) is 5.92 Å². The summed E-state index contributed by atoms with van der Waals surface area (Å²) in [7, 11) is 6.10. The predicted molar refractivity (Wildman–Crippen MR) is 121 cm³/mol. The molecule has 0 radical (unpaired) electrons. The third kappa shape index (κ3) is 6.46. The Labute approximate surface area is 180 Å². The number of aromatic nitrogens is 1. The number of halogens is 1. The van der Waals surface area contributed by atoms with Crippen LogP contribution in [-0.4, -0.2) is 87.8 Å². The van der Waals surface area contributed by atoms with Gasteiger partial charge >= 0.3 is 0 Å². The molecule has 1 aromatic heterocycles. The lowest BCUT2D eigenvalue weighted by atomic mass is 10.1. The summed E-state index contributed by atoms with van der Waals surface area (Å²) in [5.74, 6) is 2.60. The monoisotopic (exact) mass is 488 g/mol. The molecular formula is C19H33IN6O. The Kier molecular flexibility index (Phi) is 9.04. The molecule has 2 aliphatic rings. The van der Waals surface area contributed by atoms with Crippen molar-refractivity contribution in [2.45, 2.75) is 13.0 Å². The summed E-state index contributed by atoms with van der Waals surface area (Å²) in [5.41, 5.74) is 1.23. The molecular weight excluding hydrogens is 455 g/mol. The van der Waals surface area contributed by atoms with Crippen LogP contribution in [0.1, 0.15) is 12.0 Å².